The number of nitrogens with zero attached hydrogens (tertiary/aromatic N) is 7. The predicted molar refractivity (Wildman–Crippen MR) is 148 cm³/mol. The van der Waals surface area contributed by atoms with Gasteiger partial charge in [-0.25, -0.2) is 4.98 Å². The number of imidazole rings is 1. The Hall–Kier alpha value is -4.17. The number of amides is 1. The minimum atomic E-state index is -4.57. The highest BCUT2D eigenvalue weighted by Gasteiger charge is 2.31. The monoisotopic (exact) mass is 602 g/mol. The van der Waals surface area contributed by atoms with Crippen molar-refractivity contribution in [1.29, 1.82) is 0 Å². The maximum absolute atomic E-state index is 14.0. The molecule has 220 valence electrons. The van der Waals surface area contributed by atoms with Crippen LogP contribution < -0.4 is 15.8 Å². The number of halogens is 4. The van der Waals surface area contributed by atoms with E-state index in [4.69, 9.17) is 16.3 Å². The van der Waals surface area contributed by atoms with Crippen LogP contribution in [0.4, 0.5) is 24.5 Å². The van der Waals surface area contributed by atoms with Crippen LogP contribution in [0.25, 0.3) is 11.4 Å². The molecule has 11 nitrogen and oxygen atoms in total. The lowest BCUT2D eigenvalue weighted by atomic mass is 10.1. The van der Waals surface area contributed by atoms with Crippen LogP contribution in [0.1, 0.15) is 36.1 Å². The summed E-state index contributed by atoms with van der Waals surface area (Å²) in [5.41, 5.74) is 1.50. The molecule has 0 spiro atoms. The maximum atomic E-state index is 14.0. The average molecular weight is 603 g/mol. The van der Waals surface area contributed by atoms with Gasteiger partial charge >= 0.3 is 6.18 Å². The lowest BCUT2D eigenvalue weighted by Gasteiger charge is -2.31. The van der Waals surface area contributed by atoms with Gasteiger partial charge in [0, 0.05) is 19.3 Å². The molecule has 0 unspecified atom stereocenters. The van der Waals surface area contributed by atoms with E-state index >= 15 is 0 Å². The fraction of sp³-hybridized carbons (Fsp3) is 0.370. The fourth-order valence-electron chi connectivity index (χ4n) is 5.30. The highest BCUT2D eigenvalue weighted by molar-refractivity contribution is 6.33. The second kappa shape index (κ2) is 10.9. The molecule has 0 aliphatic carbocycles. The molecule has 0 saturated carbocycles. The fourth-order valence-corrected chi connectivity index (χ4v) is 5.52. The van der Waals surface area contributed by atoms with Crippen LogP contribution >= 0.6 is 11.6 Å². The summed E-state index contributed by atoms with van der Waals surface area (Å²) in [5.74, 6) is -0.0145. The third-order valence-corrected chi connectivity index (χ3v) is 7.67. The predicted octanol–water partition coefficient (Wildman–Crippen LogP) is 3.78. The first-order valence-electron chi connectivity index (χ1n) is 13.3. The summed E-state index contributed by atoms with van der Waals surface area (Å²) in [6, 6.07) is 2.72. The number of nitrogens with one attached hydrogen (secondary N) is 1. The highest BCUT2D eigenvalue weighted by Crippen LogP contribution is 2.34. The van der Waals surface area contributed by atoms with E-state index in [-0.39, 0.29) is 28.6 Å². The Kier molecular flexibility index (Phi) is 7.27. The Morgan fingerprint density at radius 1 is 1.24 bits per heavy atom. The van der Waals surface area contributed by atoms with Gasteiger partial charge in [-0.3, -0.25) is 9.59 Å². The number of anilines is 2. The van der Waals surface area contributed by atoms with Crippen LogP contribution in [0.15, 0.2) is 41.6 Å². The van der Waals surface area contributed by atoms with E-state index in [9.17, 15) is 22.8 Å². The van der Waals surface area contributed by atoms with Gasteiger partial charge in [-0.15, -0.1) is 5.10 Å². The molecular weight excluding hydrogens is 577 g/mol. The lowest BCUT2D eigenvalue weighted by Crippen LogP contribution is -2.40. The van der Waals surface area contributed by atoms with Crippen LogP contribution in [-0.2, 0) is 41.8 Å². The number of hydrogen-bond acceptors (Lipinski definition) is 7. The van der Waals surface area contributed by atoms with Gasteiger partial charge in [-0.05, 0) is 36.6 Å². The van der Waals surface area contributed by atoms with E-state index in [1.807, 2.05) is 22.5 Å². The summed E-state index contributed by atoms with van der Waals surface area (Å²) in [4.78, 5) is 38.1. The smallest absolute Gasteiger partial charge is 0.377 e. The van der Waals surface area contributed by atoms with E-state index in [2.05, 4.69) is 20.4 Å². The van der Waals surface area contributed by atoms with Gasteiger partial charge in [0.15, 0.2) is 5.82 Å². The molecule has 5 heterocycles. The lowest BCUT2D eigenvalue weighted by molar-refractivity contribution is -0.137. The third-order valence-electron chi connectivity index (χ3n) is 7.36. The third kappa shape index (κ3) is 5.15. The molecule has 1 N–H and O–H groups in total. The van der Waals surface area contributed by atoms with Crippen molar-refractivity contribution in [3.8, 4) is 0 Å². The first-order valence-corrected chi connectivity index (χ1v) is 13.7. The van der Waals surface area contributed by atoms with E-state index in [1.165, 1.54) is 4.52 Å². The van der Waals surface area contributed by atoms with Crippen LogP contribution in [0.5, 0.6) is 0 Å². The number of alkyl halides is 3. The molecule has 2 aliphatic heterocycles. The molecule has 1 amide bonds. The maximum Gasteiger partial charge on any atom is 0.416 e. The normalized spacial score (nSPS) is 15.5. The minimum absolute atomic E-state index is 0.0313. The van der Waals surface area contributed by atoms with Crippen molar-refractivity contribution in [3.05, 3.63) is 75.0 Å². The van der Waals surface area contributed by atoms with E-state index in [0.717, 1.165) is 29.5 Å². The number of carbonyl (C=O) groups is 1. The van der Waals surface area contributed by atoms with Crippen LogP contribution in [0, 0.1) is 0 Å². The Bertz CT molecular complexity index is 1770. The zero-order valence-electron chi connectivity index (χ0n) is 22.5. The SMILES string of the molecule is CCc1c(N2CCn3cncc3C2)c(=O)n2nc(C3=CCOCC3)nc2n1CC(=O)Nc1ccc(C(F)(F)F)cc1Cl. The number of rotatable bonds is 6. The largest absolute Gasteiger partial charge is 0.416 e. The van der Waals surface area contributed by atoms with Crippen molar-refractivity contribution in [2.75, 3.05) is 30.0 Å². The quantitative estimate of drug-likeness (QED) is 0.357. The summed E-state index contributed by atoms with van der Waals surface area (Å²) < 4.78 is 49.5. The molecule has 4 aromatic rings. The minimum Gasteiger partial charge on any atom is -0.377 e. The number of fused-ring (bicyclic) bond motifs is 2. The van der Waals surface area contributed by atoms with Crippen molar-refractivity contribution >= 4 is 40.2 Å². The topological polar surface area (TPSA) is 112 Å². The molecule has 42 heavy (non-hydrogen) atoms. The zero-order chi connectivity index (χ0) is 29.6. The van der Waals surface area contributed by atoms with E-state index in [0.29, 0.717) is 62.9 Å². The van der Waals surface area contributed by atoms with Gasteiger partial charge in [-0.1, -0.05) is 24.6 Å². The van der Waals surface area contributed by atoms with Crippen LogP contribution in [0.2, 0.25) is 5.02 Å². The van der Waals surface area contributed by atoms with Gasteiger partial charge in [0.25, 0.3) is 5.56 Å². The molecule has 0 atom stereocenters. The molecule has 0 fully saturated rings. The standard InChI is InChI=1S/C27H26ClF3N8O3/c1-2-21-23(36-7-8-37-15-32-12-18(37)13-36)25(41)39-26(34-24(35-39)16-5-9-42-10-6-16)38(21)14-22(40)33-20-4-3-17(11-19(20)28)27(29,30)31/h3-5,11-12,15H,2,6-10,13-14H2,1H3,(H,33,40). The van der Waals surface area contributed by atoms with Crippen molar-refractivity contribution in [3.63, 3.8) is 0 Å². The summed E-state index contributed by atoms with van der Waals surface area (Å²) in [5, 5.41) is 6.89. The second-order valence-electron chi connectivity index (χ2n) is 9.98. The van der Waals surface area contributed by atoms with Crippen LogP contribution in [-0.4, -0.2) is 54.4 Å². The van der Waals surface area contributed by atoms with E-state index < -0.39 is 17.6 Å². The van der Waals surface area contributed by atoms with Gasteiger partial charge < -0.3 is 24.1 Å². The van der Waals surface area contributed by atoms with Crippen molar-refractivity contribution in [2.24, 2.45) is 0 Å². The first kappa shape index (κ1) is 28.0. The van der Waals surface area contributed by atoms with E-state index in [1.54, 1.807) is 17.1 Å². The Morgan fingerprint density at radius 2 is 2.07 bits per heavy atom. The zero-order valence-corrected chi connectivity index (χ0v) is 23.2. The average Bonchev–Trinajstić information content (AvgIpc) is 3.63. The molecule has 15 heteroatoms. The number of aromatic nitrogens is 6. The number of ether oxygens (including phenoxy) is 1. The molecule has 1 aromatic carbocycles. The first-order chi connectivity index (χ1) is 20.1. The van der Waals surface area contributed by atoms with Gasteiger partial charge in [0.05, 0.1) is 53.7 Å². The highest BCUT2D eigenvalue weighted by atomic mass is 35.5. The molecule has 0 bridgehead atoms. The molecule has 0 saturated heterocycles. The van der Waals surface area contributed by atoms with Crippen LogP contribution in [0.3, 0.4) is 0 Å². The Morgan fingerprint density at radius 3 is 2.79 bits per heavy atom. The summed E-state index contributed by atoms with van der Waals surface area (Å²) in [6.45, 7) is 4.08. The molecule has 2 aliphatic rings. The Labute approximate surface area is 242 Å². The molecule has 3 aromatic heterocycles. The van der Waals surface area contributed by atoms with Crippen molar-refractivity contribution in [2.45, 2.75) is 45.6 Å². The second-order valence-corrected chi connectivity index (χ2v) is 10.4. The summed E-state index contributed by atoms with van der Waals surface area (Å²) in [7, 11) is 0. The molecule has 0 radical (unpaired) electrons. The number of benzene rings is 1. The summed E-state index contributed by atoms with van der Waals surface area (Å²) >= 11 is 6.09. The van der Waals surface area contributed by atoms with Crippen molar-refractivity contribution < 1.29 is 22.7 Å². The van der Waals surface area contributed by atoms with Gasteiger partial charge in [-0.2, -0.15) is 22.7 Å². The van der Waals surface area contributed by atoms with Crippen molar-refractivity contribution in [1.82, 2.24) is 28.7 Å². The number of carbonyl (C=O) groups excluding carboxylic acids is 1. The summed E-state index contributed by atoms with van der Waals surface area (Å²) in [6.07, 6.45) is 1.75. The molecular formula is C27H26ClF3N8O3. The van der Waals surface area contributed by atoms with Gasteiger partial charge in [0.2, 0.25) is 11.7 Å². The van der Waals surface area contributed by atoms with Gasteiger partial charge in [0.1, 0.15) is 12.2 Å². The molecule has 6 rings (SSSR count). The number of hydrogen-bond donors (Lipinski definition) is 1. The Balaban J connectivity index is 1.42.